The highest BCUT2D eigenvalue weighted by Crippen LogP contribution is 2.32. The second kappa shape index (κ2) is 8.44. The van der Waals surface area contributed by atoms with E-state index in [1.54, 1.807) is 4.90 Å². The zero-order valence-corrected chi connectivity index (χ0v) is 16.1. The van der Waals surface area contributed by atoms with Gasteiger partial charge in [0, 0.05) is 56.0 Å². The topological polar surface area (TPSA) is 51.1 Å². The first-order valence-electron chi connectivity index (χ1n) is 9.53. The summed E-state index contributed by atoms with van der Waals surface area (Å²) in [7, 11) is 0. The average Bonchev–Trinajstić information content (AvgIpc) is 2.76. The summed E-state index contributed by atoms with van der Waals surface area (Å²) in [4.78, 5) is 13.6. The van der Waals surface area contributed by atoms with Crippen LogP contribution in [0.2, 0.25) is 0 Å². The van der Waals surface area contributed by atoms with Gasteiger partial charge in [0.1, 0.15) is 17.7 Å². The number of anilines is 1. The summed E-state index contributed by atoms with van der Waals surface area (Å²) in [6.45, 7) is 0.717. The van der Waals surface area contributed by atoms with Crippen LogP contribution in [0.3, 0.4) is 0 Å². The average molecular weight is 436 g/mol. The highest BCUT2D eigenvalue weighted by Gasteiger charge is 2.35. The molecule has 3 heterocycles. The molecule has 2 aromatic heterocycles. The molecule has 4 rings (SSSR count). The third-order valence-corrected chi connectivity index (χ3v) is 4.90. The molecule has 5 nitrogen and oxygen atoms in total. The molecule has 1 aliphatic heterocycles. The Balaban J connectivity index is 1.52. The molecule has 3 aromatic rings. The van der Waals surface area contributed by atoms with Crippen LogP contribution in [-0.2, 0) is 6.18 Å². The summed E-state index contributed by atoms with van der Waals surface area (Å²) < 4.78 is 72.6. The van der Waals surface area contributed by atoms with E-state index in [9.17, 15) is 22.0 Å². The number of ether oxygens (including phenoxy) is 1. The van der Waals surface area contributed by atoms with Crippen molar-refractivity contribution in [1.82, 2.24) is 15.0 Å². The first-order valence-corrected chi connectivity index (χ1v) is 9.53. The summed E-state index contributed by atoms with van der Waals surface area (Å²) >= 11 is 0. The number of piperidine rings is 1. The molecule has 162 valence electrons. The van der Waals surface area contributed by atoms with E-state index in [1.165, 1.54) is 30.6 Å². The zero-order valence-electron chi connectivity index (χ0n) is 16.1. The lowest BCUT2D eigenvalue weighted by molar-refractivity contribution is -0.141. The van der Waals surface area contributed by atoms with Crippen LogP contribution in [0.25, 0.3) is 11.4 Å². The Morgan fingerprint density at radius 1 is 0.935 bits per heavy atom. The van der Waals surface area contributed by atoms with E-state index in [-0.39, 0.29) is 23.5 Å². The molecule has 0 N–H and O–H groups in total. The second-order valence-corrected chi connectivity index (χ2v) is 7.05. The summed E-state index contributed by atoms with van der Waals surface area (Å²) in [5, 5.41) is 0. The first-order chi connectivity index (χ1) is 14.8. The van der Waals surface area contributed by atoms with Gasteiger partial charge in [-0.25, -0.2) is 18.7 Å². The Labute approximate surface area is 174 Å². The van der Waals surface area contributed by atoms with E-state index in [4.69, 9.17) is 4.74 Å². The molecule has 0 bridgehead atoms. The van der Waals surface area contributed by atoms with Crippen molar-refractivity contribution >= 4 is 5.82 Å². The third kappa shape index (κ3) is 4.89. The molecule has 1 fully saturated rings. The summed E-state index contributed by atoms with van der Waals surface area (Å²) in [5.74, 6) is -1.44. The minimum atomic E-state index is -4.62. The SMILES string of the molecule is Fc1ccc(OC2CCN(c3cc(C(F)(F)F)nc(-c4ccncc4)n3)CC2)c(F)c1. The number of pyridine rings is 1. The van der Waals surface area contributed by atoms with Gasteiger partial charge in [-0.2, -0.15) is 13.2 Å². The fraction of sp³-hybridized carbons (Fsp3) is 0.286. The quantitative estimate of drug-likeness (QED) is 0.546. The molecule has 10 heteroatoms. The Morgan fingerprint density at radius 3 is 2.29 bits per heavy atom. The monoisotopic (exact) mass is 436 g/mol. The van der Waals surface area contributed by atoms with Gasteiger partial charge in [0.15, 0.2) is 23.1 Å². The number of hydrogen-bond acceptors (Lipinski definition) is 5. The molecule has 1 aromatic carbocycles. The fourth-order valence-electron chi connectivity index (χ4n) is 3.32. The van der Waals surface area contributed by atoms with Gasteiger partial charge in [-0.3, -0.25) is 4.98 Å². The molecule has 0 atom stereocenters. The van der Waals surface area contributed by atoms with Gasteiger partial charge in [0.2, 0.25) is 0 Å². The van der Waals surface area contributed by atoms with Gasteiger partial charge in [-0.15, -0.1) is 0 Å². The van der Waals surface area contributed by atoms with Crippen LogP contribution in [0.4, 0.5) is 27.8 Å². The van der Waals surface area contributed by atoms with Gasteiger partial charge < -0.3 is 9.64 Å². The predicted octanol–water partition coefficient (Wildman–Crippen LogP) is 4.88. The van der Waals surface area contributed by atoms with Crippen molar-refractivity contribution in [2.24, 2.45) is 0 Å². The molecule has 1 saturated heterocycles. The van der Waals surface area contributed by atoms with E-state index < -0.39 is 23.5 Å². The molecule has 1 aliphatic rings. The first kappa shape index (κ1) is 21.0. The molecule has 0 saturated carbocycles. The normalized spacial score (nSPS) is 15.2. The lowest BCUT2D eigenvalue weighted by Crippen LogP contribution is -2.39. The highest BCUT2D eigenvalue weighted by atomic mass is 19.4. The van der Waals surface area contributed by atoms with E-state index >= 15 is 0 Å². The van der Waals surface area contributed by atoms with E-state index in [1.807, 2.05) is 0 Å². The molecule has 0 unspecified atom stereocenters. The molecular formula is C21H17F5N4O. The summed E-state index contributed by atoms with van der Waals surface area (Å²) in [6.07, 6.45) is -1.19. The Hall–Kier alpha value is -3.30. The van der Waals surface area contributed by atoms with Crippen molar-refractivity contribution in [3.05, 3.63) is 66.1 Å². The van der Waals surface area contributed by atoms with Crippen LogP contribution in [0.15, 0.2) is 48.8 Å². The van der Waals surface area contributed by atoms with Crippen molar-refractivity contribution in [3.63, 3.8) is 0 Å². The molecule has 31 heavy (non-hydrogen) atoms. The lowest BCUT2D eigenvalue weighted by Gasteiger charge is -2.33. The number of halogens is 5. The zero-order chi connectivity index (χ0) is 22.0. The number of benzene rings is 1. The molecule has 0 aliphatic carbocycles. The van der Waals surface area contributed by atoms with Crippen LogP contribution in [0.5, 0.6) is 5.75 Å². The maximum Gasteiger partial charge on any atom is 0.433 e. The van der Waals surface area contributed by atoms with Crippen molar-refractivity contribution in [3.8, 4) is 17.1 Å². The maximum absolute atomic E-state index is 13.8. The van der Waals surface area contributed by atoms with Crippen molar-refractivity contribution in [2.45, 2.75) is 25.1 Å². The van der Waals surface area contributed by atoms with Crippen LogP contribution >= 0.6 is 0 Å². The standard InChI is InChI=1S/C21H17F5N4O/c22-14-1-2-17(16(23)11-14)31-15-5-9-30(10-6-15)19-12-18(21(24,25)26)28-20(29-19)13-3-7-27-8-4-13/h1-4,7-8,11-12,15H,5-6,9-10H2. The Morgan fingerprint density at radius 2 is 1.65 bits per heavy atom. The van der Waals surface area contributed by atoms with Crippen molar-refractivity contribution in [1.29, 1.82) is 0 Å². The predicted molar refractivity (Wildman–Crippen MR) is 102 cm³/mol. The minimum absolute atomic E-state index is 0.0426. The smallest absolute Gasteiger partial charge is 0.433 e. The van der Waals surface area contributed by atoms with Crippen molar-refractivity contribution < 1.29 is 26.7 Å². The van der Waals surface area contributed by atoms with Crippen LogP contribution in [0.1, 0.15) is 18.5 Å². The Bertz CT molecular complexity index is 1050. The van der Waals surface area contributed by atoms with Crippen LogP contribution in [-0.4, -0.2) is 34.1 Å². The molecule has 0 radical (unpaired) electrons. The number of hydrogen-bond donors (Lipinski definition) is 0. The fourth-order valence-corrected chi connectivity index (χ4v) is 3.32. The van der Waals surface area contributed by atoms with E-state index in [0.29, 0.717) is 31.5 Å². The molecular weight excluding hydrogens is 419 g/mol. The lowest BCUT2D eigenvalue weighted by atomic mass is 10.1. The van der Waals surface area contributed by atoms with Gasteiger partial charge in [-0.05, 0) is 24.3 Å². The third-order valence-electron chi connectivity index (χ3n) is 4.90. The number of rotatable bonds is 4. The van der Waals surface area contributed by atoms with Gasteiger partial charge in [0.25, 0.3) is 0 Å². The number of alkyl halides is 3. The van der Waals surface area contributed by atoms with Gasteiger partial charge in [0.05, 0.1) is 0 Å². The minimum Gasteiger partial charge on any atom is -0.487 e. The van der Waals surface area contributed by atoms with Gasteiger partial charge in [-0.1, -0.05) is 0 Å². The number of aromatic nitrogens is 3. The Kier molecular flexibility index (Phi) is 5.71. The van der Waals surface area contributed by atoms with Gasteiger partial charge >= 0.3 is 6.18 Å². The van der Waals surface area contributed by atoms with Crippen LogP contribution in [0, 0.1) is 11.6 Å². The van der Waals surface area contributed by atoms with Crippen molar-refractivity contribution in [2.75, 3.05) is 18.0 Å². The molecule has 0 spiro atoms. The maximum atomic E-state index is 13.8. The van der Waals surface area contributed by atoms with Crippen LogP contribution < -0.4 is 9.64 Å². The molecule has 0 amide bonds. The largest absolute Gasteiger partial charge is 0.487 e. The van der Waals surface area contributed by atoms with E-state index in [0.717, 1.165) is 18.2 Å². The highest BCUT2D eigenvalue weighted by molar-refractivity contribution is 5.57. The summed E-state index contributed by atoms with van der Waals surface area (Å²) in [6, 6.07) is 7.06. The summed E-state index contributed by atoms with van der Waals surface area (Å²) in [5.41, 5.74) is -0.608. The second-order valence-electron chi connectivity index (χ2n) is 7.05. The van der Waals surface area contributed by atoms with E-state index in [2.05, 4.69) is 15.0 Å². The number of nitrogens with zero attached hydrogens (tertiary/aromatic N) is 4.